The number of hydrogen-bond donors (Lipinski definition) is 3. The third-order valence-corrected chi connectivity index (χ3v) is 4.08. The zero-order valence-electron chi connectivity index (χ0n) is 14.0. The summed E-state index contributed by atoms with van der Waals surface area (Å²) in [7, 11) is 0. The van der Waals surface area contributed by atoms with Gasteiger partial charge in [-0.15, -0.1) is 23.7 Å². The van der Waals surface area contributed by atoms with E-state index < -0.39 is 11.9 Å². The molecule has 0 aliphatic heterocycles. The molecule has 2 aromatic rings. The van der Waals surface area contributed by atoms with Crippen molar-refractivity contribution >= 4 is 46.4 Å². The first-order valence-electron chi connectivity index (χ1n) is 7.37. The highest BCUT2D eigenvalue weighted by atomic mass is 35.5. The van der Waals surface area contributed by atoms with Crippen LogP contribution in [-0.4, -0.2) is 22.8 Å². The van der Waals surface area contributed by atoms with Crippen LogP contribution in [0, 0.1) is 11.7 Å². The van der Waals surface area contributed by atoms with Crippen molar-refractivity contribution in [3.8, 4) is 11.3 Å². The van der Waals surface area contributed by atoms with E-state index in [-0.39, 0.29) is 35.7 Å². The fraction of sp³-hybridized carbons (Fsp3) is 0.312. The normalized spacial score (nSPS) is 11.6. The monoisotopic (exact) mass is 386 g/mol. The number of nitrogens with zero attached hydrogens (tertiary/aromatic N) is 1. The Bertz CT molecular complexity index is 766. The average molecular weight is 387 g/mol. The van der Waals surface area contributed by atoms with E-state index in [4.69, 9.17) is 5.73 Å². The van der Waals surface area contributed by atoms with E-state index in [9.17, 15) is 14.0 Å². The van der Waals surface area contributed by atoms with Crippen LogP contribution in [0.3, 0.4) is 0 Å². The highest BCUT2D eigenvalue weighted by Gasteiger charge is 2.19. The van der Waals surface area contributed by atoms with Crippen LogP contribution in [0.4, 0.5) is 15.2 Å². The van der Waals surface area contributed by atoms with Crippen molar-refractivity contribution in [1.82, 2.24) is 4.98 Å². The first-order valence-corrected chi connectivity index (χ1v) is 8.25. The highest BCUT2D eigenvalue weighted by Crippen LogP contribution is 2.28. The van der Waals surface area contributed by atoms with E-state index in [1.165, 1.54) is 30.4 Å². The predicted molar refractivity (Wildman–Crippen MR) is 101 cm³/mol. The SMILES string of the molecule is CC(=O)Nc1ccc(-c2csc(NC(=O)[C@@H](N)C(C)C)n2)c(F)c1.Cl. The summed E-state index contributed by atoms with van der Waals surface area (Å²) in [4.78, 5) is 27.1. The van der Waals surface area contributed by atoms with Gasteiger partial charge >= 0.3 is 0 Å². The van der Waals surface area contributed by atoms with Crippen molar-refractivity contribution in [2.75, 3.05) is 10.6 Å². The number of hydrogen-bond acceptors (Lipinski definition) is 5. The van der Waals surface area contributed by atoms with Crippen LogP contribution in [0.1, 0.15) is 20.8 Å². The van der Waals surface area contributed by atoms with Crippen LogP contribution >= 0.6 is 23.7 Å². The molecular weight excluding hydrogens is 367 g/mol. The van der Waals surface area contributed by atoms with Gasteiger partial charge in [0.2, 0.25) is 11.8 Å². The lowest BCUT2D eigenvalue weighted by molar-refractivity contribution is -0.118. The van der Waals surface area contributed by atoms with Gasteiger partial charge in [-0.25, -0.2) is 9.37 Å². The third-order valence-electron chi connectivity index (χ3n) is 3.32. The van der Waals surface area contributed by atoms with Crippen molar-refractivity contribution in [3.63, 3.8) is 0 Å². The average Bonchev–Trinajstić information content (AvgIpc) is 2.93. The van der Waals surface area contributed by atoms with E-state index in [0.29, 0.717) is 16.5 Å². The lowest BCUT2D eigenvalue weighted by Gasteiger charge is -2.13. The number of aromatic nitrogens is 1. The number of halogens is 2. The molecule has 1 atom stereocenters. The summed E-state index contributed by atoms with van der Waals surface area (Å²) in [5.41, 5.74) is 6.84. The molecule has 9 heteroatoms. The molecule has 0 aliphatic rings. The summed E-state index contributed by atoms with van der Waals surface area (Å²) >= 11 is 1.19. The molecule has 0 fully saturated rings. The van der Waals surface area contributed by atoms with Crippen LogP contribution in [0.25, 0.3) is 11.3 Å². The second-order valence-electron chi connectivity index (χ2n) is 5.67. The zero-order valence-corrected chi connectivity index (χ0v) is 15.6. The number of amides is 2. The van der Waals surface area contributed by atoms with Crippen LogP contribution in [0.2, 0.25) is 0 Å². The molecule has 0 saturated carbocycles. The van der Waals surface area contributed by atoms with E-state index in [0.717, 1.165) is 0 Å². The van der Waals surface area contributed by atoms with Crippen LogP contribution in [-0.2, 0) is 9.59 Å². The number of carbonyl (C=O) groups is 2. The first kappa shape index (κ1) is 21.0. The summed E-state index contributed by atoms with van der Waals surface area (Å²) in [5.74, 6) is -1.11. The number of thiazole rings is 1. The molecule has 0 unspecified atom stereocenters. The van der Waals surface area contributed by atoms with E-state index in [2.05, 4.69) is 15.6 Å². The Kier molecular flexibility index (Phi) is 7.47. The van der Waals surface area contributed by atoms with Crippen LogP contribution in [0.15, 0.2) is 23.6 Å². The smallest absolute Gasteiger partial charge is 0.243 e. The summed E-state index contributed by atoms with van der Waals surface area (Å²) in [6, 6.07) is 3.71. The Morgan fingerprint density at radius 2 is 1.96 bits per heavy atom. The maximum atomic E-state index is 14.2. The van der Waals surface area contributed by atoms with Crippen molar-refractivity contribution in [3.05, 3.63) is 29.4 Å². The minimum atomic E-state index is -0.633. The number of nitrogens with one attached hydrogen (secondary N) is 2. The minimum absolute atomic E-state index is 0. The van der Waals surface area contributed by atoms with Gasteiger partial charge in [0, 0.05) is 23.6 Å². The molecule has 2 rings (SSSR count). The number of rotatable bonds is 5. The van der Waals surface area contributed by atoms with Crippen LogP contribution in [0.5, 0.6) is 0 Å². The Hall–Kier alpha value is -2.03. The molecule has 0 bridgehead atoms. The van der Waals surface area contributed by atoms with E-state index in [1.807, 2.05) is 13.8 Å². The minimum Gasteiger partial charge on any atom is -0.326 e. The second kappa shape index (κ2) is 8.89. The Morgan fingerprint density at radius 3 is 2.52 bits per heavy atom. The summed E-state index contributed by atoms with van der Waals surface area (Å²) in [6.07, 6.45) is 0. The van der Waals surface area contributed by atoms with Gasteiger partial charge in [-0.2, -0.15) is 0 Å². The van der Waals surface area contributed by atoms with Gasteiger partial charge in [0.15, 0.2) is 5.13 Å². The molecule has 136 valence electrons. The maximum Gasteiger partial charge on any atom is 0.243 e. The molecule has 0 spiro atoms. The predicted octanol–water partition coefficient (Wildman–Crippen LogP) is 3.25. The number of benzene rings is 1. The van der Waals surface area contributed by atoms with Crippen molar-refractivity contribution < 1.29 is 14.0 Å². The standard InChI is InChI=1S/C16H19FN4O2S.ClH/c1-8(2)14(18)15(23)21-16-20-13(7-24-16)11-5-4-10(6-12(11)17)19-9(3)22;/h4-8,14H,18H2,1-3H3,(H,19,22)(H,20,21,23);1H/t14-;/m0./s1. The molecule has 2 amide bonds. The molecule has 0 radical (unpaired) electrons. The summed E-state index contributed by atoms with van der Waals surface area (Å²) < 4.78 is 14.2. The molecule has 0 saturated heterocycles. The van der Waals surface area contributed by atoms with Crippen molar-refractivity contribution in [1.29, 1.82) is 0 Å². The molecule has 4 N–H and O–H groups in total. The number of nitrogens with two attached hydrogens (primary N) is 1. The van der Waals surface area contributed by atoms with Gasteiger partial charge in [-0.05, 0) is 24.1 Å². The molecule has 6 nitrogen and oxygen atoms in total. The highest BCUT2D eigenvalue weighted by molar-refractivity contribution is 7.14. The largest absolute Gasteiger partial charge is 0.326 e. The molecule has 0 aliphatic carbocycles. The number of carbonyl (C=O) groups excluding carboxylic acids is 2. The lowest BCUT2D eigenvalue weighted by atomic mass is 10.1. The Balaban J connectivity index is 0.00000312. The quantitative estimate of drug-likeness (QED) is 0.734. The fourth-order valence-corrected chi connectivity index (χ4v) is 2.66. The molecule has 1 aromatic carbocycles. The molecular formula is C16H20ClFN4O2S. The van der Waals surface area contributed by atoms with Gasteiger partial charge in [0.05, 0.1) is 11.7 Å². The van der Waals surface area contributed by atoms with Gasteiger partial charge in [0.1, 0.15) is 5.82 Å². The van der Waals surface area contributed by atoms with Crippen molar-refractivity contribution in [2.24, 2.45) is 11.7 Å². The number of anilines is 2. The van der Waals surface area contributed by atoms with Gasteiger partial charge in [-0.1, -0.05) is 13.8 Å². The van der Waals surface area contributed by atoms with Gasteiger partial charge < -0.3 is 16.4 Å². The Morgan fingerprint density at radius 1 is 1.28 bits per heavy atom. The Labute approximate surface area is 155 Å². The first-order chi connectivity index (χ1) is 11.3. The fourth-order valence-electron chi connectivity index (χ4n) is 1.95. The van der Waals surface area contributed by atoms with Crippen molar-refractivity contribution in [2.45, 2.75) is 26.8 Å². The summed E-state index contributed by atoms with van der Waals surface area (Å²) in [6.45, 7) is 5.05. The van der Waals surface area contributed by atoms with E-state index in [1.54, 1.807) is 11.4 Å². The van der Waals surface area contributed by atoms with Gasteiger partial charge in [-0.3, -0.25) is 9.59 Å². The molecule has 25 heavy (non-hydrogen) atoms. The molecule has 1 heterocycles. The lowest BCUT2D eigenvalue weighted by Crippen LogP contribution is -2.39. The van der Waals surface area contributed by atoms with Gasteiger partial charge in [0.25, 0.3) is 0 Å². The molecule has 1 aromatic heterocycles. The maximum absolute atomic E-state index is 14.2. The third kappa shape index (κ3) is 5.48. The summed E-state index contributed by atoms with van der Waals surface area (Å²) in [5, 5.41) is 7.15. The van der Waals surface area contributed by atoms with Crippen LogP contribution < -0.4 is 16.4 Å². The zero-order chi connectivity index (χ0) is 17.9. The topological polar surface area (TPSA) is 97.1 Å². The van der Waals surface area contributed by atoms with E-state index >= 15 is 0 Å². The second-order valence-corrected chi connectivity index (χ2v) is 6.53.